The summed E-state index contributed by atoms with van der Waals surface area (Å²) in [5.41, 5.74) is 7.33. The van der Waals surface area contributed by atoms with Crippen molar-refractivity contribution in [2.24, 2.45) is 10.9 Å². The SMILES string of the molecule is COc1ccc(C(=O)Nc2ccccc2C(N)=NOC(=O)c2ccc(OC)c(OC)c2)cc1OC. The van der Waals surface area contributed by atoms with Crippen molar-refractivity contribution in [2.75, 3.05) is 33.8 Å². The highest BCUT2D eigenvalue weighted by molar-refractivity contribution is 6.10. The smallest absolute Gasteiger partial charge is 0.365 e. The van der Waals surface area contributed by atoms with Crippen LogP contribution in [0.5, 0.6) is 23.0 Å². The molecule has 0 aliphatic rings. The van der Waals surface area contributed by atoms with Gasteiger partial charge in [-0.25, -0.2) is 4.79 Å². The second-order valence-electron chi connectivity index (χ2n) is 6.99. The van der Waals surface area contributed by atoms with Crippen LogP contribution in [0.2, 0.25) is 0 Å². The molecule has 0 saturated carbocycles. The van der Waals surface area contributed by atoms with E-state index in [4.69, 9.17) is 29.5 Å². The number of rotatable bonds is 9. The number of hydrogen-bond acceptors (Lipinski definition) is 8. The van der Waals surface area contributed by atoms with E-state index in [9.17, 15) is 9.59 Å². The summed E-state index contributed by atoms with van der Waals surface area (Å²) in [7, 11) is 5.93. The van der Waals surface area contributed by atoms with Crippen LogP contribution in [0.1, 0.15) is 26.3 Å². The van der Waals surface area contributed by atoms with E-state index < -0.39 is 11.9 Å². The Kier molecular flexibility index (Phi) is 8.12. The summed E-state index contributed by atoms with van der Waals surface area (Å²) < 4.78 is 20.8. The highest BCUT2D eigenvalue weighted by atomic mass is 16.7. The number of nitrogens with two attached hydrogens (primary N) is 1. The van der Waals surface area contributed by atoms with Crippen LogP contribution in [0.4, 0.5) is 5.69 Å². The standard InChI is InChI=1S/C25H25N3O7/c1-31-19-11-9-15(13-21(19)33-3)24(29)27-18-8-6-5-7-17(18)23(26)28-35-25(30)16-10-12-20(32-2)22(14-16)34-4/h5-14H,1-4H3,(H2,26,28)(H,27,29). The number of ether oxygens (including phenoxy) is 4. The van der Waals surface area contributed by atoms with Crippen LogP contribution in [-0.4, -0.2) is 46.2 Å². The number of para-hydroxylation sites is 1. The third kappa shape index (κ3) is 5.80. The summed E-state index contributed by atoms with van der Waals surface area (Å²) in [5, 5.41) is 6.52. The first-order chi connectivity index (χ1) is 16.9. The van der Waals surface area contributed by atoms with Crippen molar-refractivity contribution in [1.82, 2.24) is 0 Å². The van der Waals surface area contributed by atoms with Gasteiger partial charge in [-0.15, -0.1) is 0 Å². The zero-order chi connectivity index (χ0) is 25.4. The molecule has 0 radical (unpaired) electrons. The summed E-state index contributed by atoms with van der Waals surface area (Å²) in [6, 6.07) is 16.0. The molecule has 0 fully saturated rings. The number of nitrogens with one attached hydrogen (secondary N) is 1. The molecular formula is C25H25N3O7. The zero-order valence-electron chi connectivity index (χ0n) is 19.7. The van der Waals surface area contributed by atoms with Gasteiger partial charge >= 0.3 is 5.97 Å². The van der Waals surface area contributed by atoms with Crippen molar-refractivity contribution in [3.05, 3.63) is 77.4 Å². The first kappa shape index (κ1) is 24.9. The van der Waals surface area contributed by atoms with E-state index in [1.807, 2.05) is 0 Å². The molecule has 0 saturated heterocycles. The van der Waals surface area contributed by atoms with Crippen LogP contribution >= 0.6 is 0 Å². The zero-order valence-corrected chi connectivity index (χ0v) is 19.7. The lowest BCUT2D eigenvalue weighted by atomic mass is 10.1. The number of oxime groups is 1. The van der Waals surface area contributed by atoms with Crippen molar-refractivity contribution < 1.29 is 33.4 Å². The number of anilines is 1. The van der Waals surface area contributed by atoms with Gasteiger partial charge in [-0.3, -0.25) is 4.79 Å². The lowest BCUT2D eigenvalue weighted by Crippen LogP contribution is -2.20. The van der Waals surface area contributed by atoms with Crippen molar-refractivity contribution in [3.8, 4) is 23.0 Å². The molecule has 0 aromatic heterocycles. The van der Waals surface area contributed by atoms with E-state index in [0.717, 1.165) is 0 Å². The maximum Gasteiger partial charge on any atom is 0.365 e. The molecule has 3 aromatic carbocycles. The summed E-state index contributed by atoms with van der Waals surface area (Å²) in [4.78, 5) is 30.3. The van der Waals surface area contributed by atoms with Crippen molar-refractivity contribution in [2.45, 2.75) is 0 Å². The Hall–Kier alpha value is -4.73. The normalized spacial score (nSPS) is 10.8. The molecule has 3 rings (SSSR count). The third-order valence-electron chi connectivity index (χ3n) is 4.94. The van der Waals surface area contributed by atoms with Crippen LogP contribution in [0.25, 0.3) is 0 Å². The van der Waals surface area contributed by atoms with Gasteiger partial charge < -0.3 is 34.8 Å². The van der Waals surface area contributed by atoms with Crippen molar-refractivity contribution in [3.63, 3.8) is 0 Å². The summed E-state index contributed by atoms with van der Waals surface area (Å²) in [5.74, 6) is 0.471. The van der Waals surface area contributed by atoms with Gasteiger partial charge in [0.15, 0.2) is 28.8 Å². The number of nitrogens with zero attached hydrogens (tertiary/aromatic N) is 1. The van der Waals surface area contributed by atoms with Gasteiger partial charge in [-0.2, -0.15) is 0 Å². The first-order valence-corrected chi connectivity index (χ1v) is 10.3. The van der Waals surface area contributed by atoms with Gasteiger partial charge in [-0.1, -0.05) is 17.3 Å². The molecule has 182 valence electrons. The number of hydrogen-bond donors (Lipinski definition) is 2. The van der Waals surface area contributed by atoms with E-state index in [1.165, 1.54) is 40.6 Å². The molecule has 3 N–H and O–H groups in total. The fourth-order valence-electron chi connectivity index (χ4n) is 3.14. The number of benzene rings is 3. The average Bonchev–Trinajstić information content (AvgIpc) is 2.90. The van der Waals surface area contributed by atoms with Crippen LogP contribution < -0.4 is 30.0 Å². The number of amides is 1. The Labute approximate surface area is 202 Å². The number of carbonyl (C=O) groups excluding carboxylic acids is 2. The Morgan fingerprint density at radius 1 is 0.743 bits per heavy atom. The minimum atomic E-state index is -0.749. The molecule has 0 aliphatic heterocycles. The number of amidine groups is 1. The van der Waals surface area contributed by atoms with Crippen LogP contribution in [0.3, 0.4) is 0 Å². The van der Waals surface area contributed by atoms with E-state index in [1.54, 1.807) is 48.5 Å². The van der Waals surface area contributed by atoms with Crippen molar-refractivity contribution in [1.29, 1.82) is 0 Å². The molecule has 0 aliphatic carbocycles. The molecule has 1 amide bonds. The summed E-state index contributed by atoms with van der Waals surface area (Å²) >= 11 is 0. The maximum atomic E-state index is 12.8. The lowest BCUT2D eigenvalue weighted by Gasteiger charge is -2.12. The minimum absolute atomic E-state index is 0.109. The van der Waals surface area contributed by atoms with E-state index in [0.29, 0.717) is 39.8 Å². The first-order valence-electron chi connectivity index (χ1n) is 10.3. The molecule has 35 heavy (non-hydrogen) atoms. The number of carbonyl (C=O) groups is 2. The van der Waals surface area contributed by atoms with Gasteiger partial charge in [-0.05, 0) is 48.5 Å². The highest BCUT2D eigenvalue weighted by Crippen LogP contribution is 2.29. The predicted octanol–water partition coefficient (Wildman–Crippen LogP) is 3.45. The summed E-state index contributed by atoms with van der Waals surface area (Å²) in [6.07, 6.45) is 0. The topological polar surface area (TPSA) is 131 Å². The Morgan fingerprint density at radius 2 is 1.29 bits per heavy atom. The molecule has 0 bridgehead atoms. The Bertz CT molecular complexity index is 1260. The van der Waals surface area contributed by atoms with Gasteiger partial charge in [0.2, 0.25) is 0 Å². The number of methoxy groups -OCH3 is 4. The molecule has 3 aromatic rings. The molecule has 0 heterocycles. The summed E-state index contributed by atoms with van der Waals surface area (Å²) in [6.45, 7) is 0. The second-order valence-corrected chi connectivity index (χ2v) is 6.99. The van der Waals surface area contributed by atoms with Crippen LogP contribution in [0, 0.1) is 0 Å². The monoisotopic (exact) mass is 479 g/mol. The molecule has 0 unspecified atom stereocenters. The van der Waals surface area contributed by atoms with Gasteiger partial charge in [0, 0.05) is 11.1 Å². The maximum absolute atomic E-state index is 12.8. The molecule has 0 atom stereocenters. The molecule has 10 heteroatoms. The largest absolute Gasteiger partial charge is 0.493 e. The predicted molar refractivity (Wildman–Crippen MR) is 130 cm³/mol. The van der Waals surface area contributed by atoms with E-state index in [2.05, 4.69) is 10.5 Å². The minimum Gasteiger partial charge on any atom is -0.493 e. The lowest BCUT2D eigenvalue weighted by molar-refractivity contribution is 0.0515. The van der Waals surface area contributed by atoms with E-state index >= 15 is 0 Å². The quantitative estimate of drug-likeness (QED) is 0.207. The molecular weight excluding hydrogens is 454 g/mol. The van der Waals surface area contributed by atoms with Gasteiger partial charge in [0.25, 0.3) is 5.91 Å². The van der Waals surface area contributed by atoms with Crippen LogP contribution in [0.15, 0.2) is 65.8 Å². The molecule has 10 nitrogen and oxygen atoms in total. The fraction of sp³-hybridized carbons (Fsp3) is 0.160. The third-order valence-corrected chi connectivity index (χ3v) is 4.94. The van der Waals surface area contributed by atoms with Gasteiger partial charge in [0.05, 0.1) is 39.7 Å². The fourth-order valence-corrected chi connectivity index (χ4v) is 3.14. The van der Waals surface area contributed by atoms with Crippen LogP contribution in [-0.2, 0) is 4.84 Å². The van der Waals surface area contributed by atoms with E-state index in [-0.39, 0.29) is 11.4 Å². The highest BCUT2D eigenvalue weighted by Gasteiger charge is 2.16. The van der Waals surface area contributed by atoms with Crippen molar-refractivity contribution >= 4 is 23.4 Å². The average molecular weight is 479 g/mol. The Morgan fingerprint density at radius 3 is 1.89 bits per heavy atom. The second kappa shape index (κ2) is 11.4. The molecule has 0 spiro atoms. The van der Waals surface area contributed by atoms with Gasteiger partial charge in [0.1, 0.15) is 0 Å². The Balaban J connectivity index is 1.78.